The number of nitrogens with one attached hydrogen (secondary N) is 1. The molecule has 4 aromatic rings. The van der Waals surface area contributed by atoms with Gasteiger partial charge in [-0.15, -0.1) is 0 Å². The number of hydrogen-bond donors (Lipinski definition) is 3. The topological polar surface area (TPSA) is 119 Å². The zero-order valence-corrected chi connectivity index (χ0v) is 15.3. The maximum absolute atomic E-state index is 10.7. The summed E-state index contributed by atoms with van der Waals surface area (Å²) < 4.78 is 1.87. The second-order valence-corrected chi connectivity index (χ2v) is 6.46. The minimum Gasteiger partial charge on any atom is -0.465 e. The molecule has 1 amide bonds. The first kappa shape index (κ1) is 17.7. The van der Waals surface area contributed by atoms with E-state index in [0.29, 0.717) is 33.4 Å². The molecular formula is C19H15ClN6O2. The van der Waals surface area contributed by atoms with Crippen LogP contribution in [0.3, 0.4) is 0 Å². The van der Waals surface area contributed by atoms with Gasteiger partial charge in [0.2, 0.25) is 0 Å². The summed E-state index contributed by atoms with van der Waals surface area (Å²) in [5.41, 5.74) is 9.62. The van der Waals surface area contributed by atoms with Gasteiger partial charge in [0.1, 0.15) is 11.3 Å². The van der Waals surface area contributed by atoms with Crippen LogP contribution in [0.1, 0.15) is 5.56 Å². The lowest BCUT2D eigenvalue weighted by Crippen LogP contribution is -2.19. The van der Waals surface area contributed by atoms with E-state index in [9.17, 15) is 4.79 Å². The Morgan fingerprint density at radius 2 is 2.00 bits per heavy atom. The molecule has 0 atom stereocenters. The SMILES string of the molecule is Nc1ncccc1-c1nc2cc(Cl)cnc2n1-c1ccc(CNC(=O)O)cc1. The number of rotatable bonds is 4. The van der Waals surface area contributed by atoms with Gasteiger partial charge in [0.05, 0.1) is 10.6 Å². The molecule has 0 saturated carbocycles. The van der Waals surface area contributed by atoms with Crippen molar-refractivity contribution in [1.29, 1.82) is 0 Å². The van der Waals surface area contributed by atoms with Gasteiger partial charge in [-0.05, 0) is 35.9 Å². The van der Waals surface area contributed by atoms with Crippen LogP contribution in [-0.4, -0.2) is 30.7 Å². The molecule has 0 saturated heterocycles. The van der Waals surface area contributed by atoms with Crippen LogP contribution >= 0.6 is 11.6 Å². The molecule has 0 radical (unpaired) electrons. The highest BCUT2D eigenvalue weighted by Gasteiger charge is 2.18. The molecule has 4 N–H and O–H groups in total. The van der Waals surface area contributed by atoms with Gasteiger partial charge in [-0.25, -0.2) is 19.7 Å². The first-order chi connectivity index (χ1) is 13.5. The Balaban J connectivity index is 1.86. The summed E-state index contributed by atoms with van der Waals surface area (Å²) in [4.78, 5) is 23.9. The highest BCUT2D eigenvalue weighted by molar-refractivity contribution is 6.31. The van der Waals surface area contributed by atoms with Gasteiger partial charge in [-0.1, -0.05) is 23.7 Å². The average molecular weight is 395 g/mol. The molecule has 3 aromatic heterocycles. The number of hydrogen-bond acceptors (Lipinski definition) is 5. The lowest BCUT2D eigenvalue weighted by molar-refractivity contribution is 0.194. The van der Waals surface area contributed by atoms with Crippen LogP contribution in [0.15, 0.2) is 54.9 Å². The van der Waals surface area contributed by atoms with Crippen molar-refractivity contribution in [3.05, 3.63) is 65.4 Å². The van der Waals surface area contributed by atoms with E-state index in [1.54, 1.807) is 24.5 Å². The van der Waals surface area contributed by atoms with Crippen LogP contribution in [0.2, 0.25) is 5.02 Å². The summed E-state index contributed by atoms with van der Waals surface area (Å²) in [6, 6.07) is 12.8. The molecule has 0 aliphatic rings. The van der Waals surface area contributed by atoms with Crippen molar-refractivity contribution in [3.63, 3.8) is 0 Å². The Hall–Kier alpha value is -3.65. The second kappa shape index (κ2) is 7.16. The summed E-state index contributed by atoms with van der Waals surface area (Å²) in [5, 5.41) is 11.6. The predicted octanol–water partition coefficient (Wildman–Crippen LogP) is 3.49. The number of fused-ring (bicyclic) bond motifs is 1. The average Bonchev–Trinajstić information content (AvgIpc) is 3.05. The lowest BCUT2D eigenvalue weighted by Gasteiger charge is -2.11. The van der Waals surface area contributed by atoms with Gasteiger partial charge >= 0.3 is 6.09 Å². The molecule has 8 nitrogen and oxygen atoms in total. The fourth-order valence-electron chi connectivity index (χ4n) is 2.91. The highest BCUT2D eigenvalue weighted by Crippen LogP contribution is 2.31. The Morgan fingerprint density at radius 3 is 2.71 bits per heavy atom. The number of nitrogens with two attached hydrogens (primary N) is 1. The molecule has 0 aliphatic heterocycles. The molecule has 0 spiro atoms. The van der Waals surface area contributed by atoms with Crippen molar-refractivity contribution < 1.29 is 9.90 Å². The molecule has 1 aromatic carbocycles. The van der Waals surface area contributed by atoms with Gasteiger partial charge < -0.3 is 16.2 Å². The normalized spacial score (nSPS) is 10.9. The van der Waals surface area contributed by atoms with Gasteiger partial charge in [0, 0.05) is 24.6 Å². The third-order valence-corrected chi connectivity index (χ3v) is 4.39. The number of anilines is 1. The zero-order chi connectivity index (χ0) is 19.7. The van der Waals surface area contributed by atoms with E-state index < -0.39 is 6.09 Å². The third-order valence-electron chi connectivity index (χ3n) is 4.18. The molecule has 0 aliphatic carbocycles. The number of nitrogen functional groups attached to an aromatic ring is 1. The van der Waals surface area contributed by atoms with Crippen molar-refractivity contribution >= 4 is 34.7 Å². The van der Waals surface area contributed by atoms with Crippen molar-refractivity contribution in [2.24, 2.45) is 0 Å². The minimum absolute atomic E-state index is 0.219. The zero-order valence-electron chi connectivity index (χ0n) is 14.5. The molecule has 140 valence electrons. The second-order valence-electron chi connectivity index (χ2n) is 6.03. The quantitative estimate of drug-likeness (QED) is 0.487. The van der Waals surface area contributed by atoms with E-state index >= 15 is 0 Å². The van der Waals surface area contributed by atoms with Gasteiger partial charge in [-0.2, -0.15) is 0 Å². The number of carbonyl (C=O) groups is 1. The summed E-state index contributed by atoms with van der Waals surface area (Å²) in [6.07, 6.45) is 2.11. The van der Waals surface area contributed by atoms with Crippen LogP contribution in [0, 0.1) is 0 Å². The summed E-state index contributed by atoms with van der Waals surface area (Å²) in [7, 11) is 0. The Labute approximate surface area is 164 Å². The Morgan fingerprint density at radius 1 is 1.21 bits per heavy atom. The summed E-state index contributed by atoms with van der Waals surface area (Å²) in [5.74, 6) is 0.944. The van der Waals surface area contributed by atoms with Crippen molar-refractivity contribution in [2.75, 3.05) is 5.73 Å². The number of aromatic nitrogens is 4. The maximum Gasteiger partial charge on any atom is 0.404 e. The van der Waals surface area contributed by atoms with Crippen LogP contribution in [0.25, 0.3) is 28.2 Å². The first-order valence-electron chi connectivity index (χ1n) is 8.34. The number of halogens is 1. The molecule has 9 heteroatoms. The monoisotopic (exact) mass is 394 g/mol. The summed E-state index contributed by atoms with van der Waals surface area (Å²) in [6.45, 7) is 0.219. The number of imidazole rings is 1. The molecule has 28 heavy (non-hydrogen) atoms. The smallest absolute Gasteiger partial charge is 0.404 e. The molecule has 0 bridgehead atoms. The number of nitrogens with zero attached hydrogens (tertiary/aromatic N) is 4. The van der Waals surface area contributed by atoms with Crippen molar-refractivity contribution in [1.82, 2.24) is 24.8 Å². The van der Waals surface area contributed by atoms with Crippen molar-refractivity contribution in [2.45, 2.75) is 6.54 Å². The Bertz CT molecular complexity index is 1170. The Kier molecular flexibility index (Phi) is 4.54. The lowest BCUT2D eigenvalue weighted by atomic mass is 10.2. The first-order valence-corrected chi connectivity index (χ1v) is 8.71. The van der Waals surface area contributed by atoms with E-state index in [4.69, 9.17) is 22.4 Å². The number of pyridine rings is 2. The van der Waals surface area contributed by atoms with Crippen LogP contribution in [0.4, 0.5) is 10.6 Å². The molecular weight excluding hydrogens is 380 g/mol. The van der Waals surface area contributed by atoms with Crippen LogP contribution < -0.4 is 11.1 Å². The number of benzene rings is 1. The van der Waals surface area contributed by atoms with Crippen LogP contribution in [0.5, 0.6) is 0 Å². The molecule has 4 rings (SSSR count). The fourth-order valence-corrected chi connectivity index (χ4v) is 3.06. The highest BCUT2D eigenvalue weighted by atomic mass is 35.5. The van der Waals surface area contributed by atoms with E-state index in [2.05, 4.69) is 20.3 Å². The van der Waals surface area contributed by atoms with E-state index in [-0.39, 0.29) is 6.54 Å². The largest absolute Gasteiger partial charge is 0.465 e. The minimum atomic E-state index is -1.07. The molecule has 3 heterocycles. The van der Waals surface area contributed by atoms with Crippen molar-refractivity contribution in [3.8, 4) is 17.1 Å². The van der Waals surface area contributed by atoms with E-state index in [1.807, 2.05) is 34.9 Å². The summed E-state index contributed by atoms with van der Waals surface area (Å²) >= 11 is 6.08. The third kappa shape index (κ3) is 3.33. The molecule has 0 fully saturated rings. The van der Waals surface area contributed by atoms with E-state index in [0.717, 1.165) is 11.3 Å². The van der Waals surface area contributed by atoms with Gasteiger partial charge in [0.25, 0.3) is 0 Å². The number of amides is 1. The molecule has 0 unspecified atom stereocenters. The predicted molar refractivity (Wildman–Crippen MR) is 106 cm³/mol. The number of carboxylic acid groups (broad SMARTS) is 1. The standard InChI is InChI=1S/C19H15ClN6O2/c20-12-8-15-18(23-10-12)26(17(25-15)14-2-1-7-22-16(14)21)13-5-3-11(4-6-13)9-24-19(27)28/h1-8,10,24H,9H2,(H2,21,22)(H,27,28). The maximum atomic E-state index is 10.7. The van der Waals surface area contributed by atoms with Crippen LogP contribution in [-0.2, 0) is 6.54 Å². The fraction of sp³-hybridized carbons (Fsp3) is 0.0526. The van der Waals surface area contributed by atoms with Gasteiger partial charge in [-0.3, -0.25) is 4.57 Å². The van der Waals surface area contributed by atoms with E-state index in [1.165, 1.54) is 0 Å². The van der Waals surface area contributed by atoms with Gasteiger partial charge in [0.15, 0.2) is 11.5 Å².